The molecule has 3 nitrogen and oxygen atoms in total. The molecule has 4 rings (SSSR count). The lowest BCUT2D eigenvalue weighted by Crippen LogP contribution is -2.21. The molecule has 0 spiro atoms. The van der Waals surface area contributed by atoms with Crippen LogP contribution in [-0.2, 0) is 0 Å². The van der Waals surface area contributed by atoms with E-state index >= 15 is 0 Å². The topological polar surface area (TPSA) is 28.5 Å². The molecule has 4 heteroatoms. The molecule has 0 atom stereocenters. The predicted octanol–water partition coefficient (Wildman–Crippen LogP) is 6.87. The van der Waals surface area contributed by atoms with Gasteiger partial charge in [-0.2, -0.15) is 0 Å². The summed E-state index contributed by atoms with van der Waals surface area (Å²) in [6.07, 6.45) is 1.92. The van der Waals surface area contributed by atoms with Crippen molar-refractivity contribution in [1.29, 1.82) is 0 Å². The molecular weight excluding hydrogens is 374 g/mol. The van der Waals surface area contributed by atoms with Crippen LogP contribution in [0.25, 0.3) is 20.8 Å². The zero-order chi connectivity index (χ0) is 20.2. The fourth-order valence-electron chi connectivity index (χ4n) is 3.35. The number of anilines is 1. The largest absolute Gasteiger partial charge is 0.372 e. The van der Waals surface area contributed by atoms with Crippen molar-refractivity contribution in [3.8, 4) is 10.6 Å². The van der Waals surface area contributed by atoms with Gasteiger partial charge in [0.05, 0.1) is 15.9 Å². The summed E-state index contributed by atoms with van der Waals surface area (Å²) in [5, 5.41) is 1.05. The van der Waals surface area contributed by atoms with Crippen LogP contribution in [0.15, 0.2) is 71.7 Å². The summed E-state index contributed by atoms with van der Waals surface area (Å²) in [4.78, 5) is 11.7. The highest BCUT2D eigenvalue weighted by molar-refractivity contribution is 7.21. The van der Waals surface area contributed by atoms with Crippen LogP contribution in [0.1, 0.15) is 25.0 Å². The summed E-state index contributed by atoms with van der Waals surface area (Å²) in [5.74, 6) is 0. The van der Waals surface area contributed by atoms with E-state index in [-0.39, 0.29) is 0 Å². The molecule has 0 fully saturated rings. The standard InChI is InChI=1S/C25H25N3S/c1-4-28(5-2)22-13-7-19(8-14-22)17-26-21-11-9-20(10-12-21)25-27-23-15-6-18(3)16-24(23)29-25/h6-17H,4-5H2,1-3H3. The Labute approximate surface area is 176 Å². The second-order valence-electron chi connectivity index (χ2n) is 7.06. The molecule has 4 aromatic rings. The number of hydrogen-bond acceptors (Lipinski definition) is 4. The maximum atomic E-state index is 4.76. The van der Waals surface area contributed by atoms with Gasteiger partial charge in [-0.05, 0) is 80.4 Å². The van der Waals surface area contributed by atoms with Crippen LogP contribution >= 0.6 is 11.3 Å². The van der Waals surface area contributed by atoms with Crippen molar-refractivity contribution in [1.82, 2.24) is 4.98 Å². The van der Waals surface area contributed by atoms with Crippen LogP contribution < -0.4 is 4.90 Å². The molecule has 0 saturated carbocycles. The molecule has 0 amide bonds. The second-order valence-corrected chi connectivity index (χ2v) is 8.09. The summed E-state index contributed by atoms with van der Waals surface area (Å²) in [6, 6.07) is 23.2. The van der Waals surface area contributed by atoms with Crippen LogP contribution in [0.2, 0.25) is 0 Å². The van der Waals surface area contributed by atoms with Crippen molar-refractivity contribution >= 4 is 39.1 Å². The van der Waals surface area contributed by atoms with Gasteiger partial charge in [-0.3, -0.25) is 4.99 Å². The van der Waals surface area contributed by atoms with E-state index in [2.05, 4.69) is 85.3 Å². The van der Waals surface area contributed by atoms with E-state index in [1.807, 2.05) is 18.3 Å². The highest BCUT2D eigenvalue weighted by Gasteiger charge is 2.06. The Balaban J connectivity index is 1.48. The van der Waals surface area contributed by atoms with E-state index in [4.69, 9.17) is 4.98 Å². The first-order valence-corrected chi connectivity index (χ1v) is 10.8. The van der Waals surface area contributed by atoms with Gasteiger partial charge in [-0.25, -0.2) is 4.98 Å². The Hall–Kier alpha value is -2.98. The van der Waals surface area contributed by atoms with Crippen LogP contribution in [0.3, 0.4) is 0 Å². The summed E-state index contributed by atoms with van der Waals surface area (Å²) in [6.45, 7) is 8.51. The van der Waals surface area contributed by atoms with Crippen LogP contribution in [0.4, 0.5) is 11.4 Å². The third-order valence-corrected chi connectivity index (χ3v) is 6.11. The SMILES string of the molecule is CCN(CC)c1ccc(C=Nc2ccc(-c3nc4ccc(C)cc4s3)cc2)cc1. The fourth-order valence-corrected chi connectivity index (χ4v) is 4.42. The molecule has 29 heavy (non-hydrogen) atoms. The normalized spacial score (nSPS) is 11.4. The van der Waals surface area contributed by atoms with Crippen molar-refractivity contribution < 1.29 is 0 Å². The zero-order valence-corrected chi connectivity index (χ0v) is 17.9. The number of rotatable bonds is 6. The van der Waals surface area contributed by atoms with E-state index in [1.54, 1.807) is 11.3 Å². The minimum atomic E-state index is 0.943. The summed E-state index contributed by atoms with van der Waals surface area (Å²) in [5.41, 5.74) is 6.76. The lowest BCUT2D eigenvalue weighted by atomic mass is 10.2. The predicted molar refractivity (Wildman–Crippen MR) is 127 cm³/mol. The number of aliphatic imine (C=N–C) groups is 1. The van der Waals surface area contributed by atoms with Gasteiger partial charge in [-0.15, -0.1) is 11.3 Å². The smallest absolute Gasteiger partial charge is 0.124 e. The number of nitrogens with zero attached hydrogens (tertiary/aromatic N) is 3. The summed E-state index contributed by atoms with van der Waals surface area (Å²) < 4.78 is 1.23. The molecule has 0 aliphatic heterocycles. The molecule has 0 radical (unpaired) electrons. The van der Waals surface area contributed by atoms with E-state index in [0.717, 1.165) is 40.4 Å². The second kappa shape index (κ2) is 8.58. The Morgan fingerprint density at radius 3 is 2.34 bits per heavy atom. The van der Waals surface area contributed by atoms with Gasteiger partial charge in [0, 0.05) is 30.6 Å². The Kier molecular flexibility index (Phi) is 5.72. The Morgan fingerprint density at radius 2 is 1.66 bits per heavy atom. The number of hydrogen-bond donors (Lipinski definition) is 0. The molecule has 0 unspecified atom stereocenters. The van der Waals surface area contributed by atoms with Crippen molar-refractivity contribution in [3.05, 3.63) is 77.9 Å². The van der Waals surface area contributed by atoms with Gasteiger partial charge in [0.15, 0.2) is 0 Å². The molecule has 0 N–H and O–H groups in total. The average Bonchev–Trinajstić information content (AvgIpc) is 3.17. The molecule has 3 aromatic carbocycles. The Bertz CT molecular complexity index is 1120. The first-order valence-electron chi connectivity index (χ1n) is 10.0. The van der Waals surface area contributed by atoms with Gasteiger partial charge < -0.3 is 4.90 Å². The number of benzene rings is 3. The maximum absolute atomic E-state index is 4.76. The van der Waals surface area contributed by atoms with Gasteiger partial charge in [-0.1, -0.05) is 18.2 Å². The van der Waals surface area contributed by atoms with Crippen LogP contribution in [0.5, 0.6) is 0 Å². The van der Waals surface area contributed by atoms with E-state index in [9.17, 15) is 0 Å². The maximum Gasteiger partial charge on any atom is 0.124 e. The van der Waals surface area contributed by atoms with Gasteiger partial charge >= 0.3 is 0 Å². The van der Waals surface area contributed by atoms with Crippen molar-refractivity contribution in [2.75, 3.05) is 18.0 Å². The molecule has 146 valence electrons. The monoisotopic (exact) mass is 399 g/mol. The molecule has 0 bridgehead atoms. The fraction of sp³-hybridized carbons (Fsp3) is 0.200. The number of aryl methyl sites for hydroxylation is 1. The number of fused-ring (bicyclic) bond motifs is 1. The van der Waals surface area contributed by atoms with Gasteiger partial charge in [0.2, 0.25) is 0 Å². The number of aromatic nitrogens is 1. The van der Waals surface area contributed by atoms with Crippen LogP contribution in [-0.4, -0.2) is 24.3 Å². The van der Waals surface area contributed by atoms with E-state index in [0.29, 0.717) is 0 Å². The first kappa shape index (κ1) is 19.3. The highest BCUT2D eigenvalue weighted by Crippen LogP contribution is 2.31. The van der Waals surface area contributed by atoms with Crippen molar-refractivity contribution in [2.24, 2.45) is 4.99 Å². The lowest BCUT2D eigenvalue weighted by molar-refractivity contribution is 0.866. The highest BCUT2D eigenvalue weighted by atomic mass is 32.1. The molecular formula is C25H25N3S. The first-order chi connectivity index (χ1) is 14.2. The Morgan fingerprint density at radius 1 is 0.931 bits per heavy atom. The van der Waals surface area contributed by atoms with Crippen molar-refractivity contribution in [3.63, 3.8) is 0 Å². The molecule has 0 saturated heterocycles. The molecule has 1 aromatic heterocycles. The molecule has 0 aliphatic rings. The van der Waals surface area contributed by atoms with E-state index in [1.165, 1.54) is 16.0 Å². The summed E-state index contributed by atoms with van der Waals surface area (Å²) >= 11 is 1.73. The zero-order valence-electron chi connectivity index (χ0n) is 17.1. The van der Waals surface area contributed by atoms with Gasteiger partial charge in [0.25, 0.3) is 0 Å². The molecule has 0 aliphatic carbocycles. The van der Waals surface area contributed by atoms with Crippen molar-refractivity contribution in [2.45, 2.75) is 20.8 Å². The quantitative estimate of drug-likeness (QED) is 0.331. The number of thiazole rings is 1. The third-order valence-electron chi connectivity index (χ3n) is 5.04. The summed E-state index contributed by atoms with van der Waals surface area (Å²) in [7, 11) is 0. The minimum Gasteiger partial charge on any atom is -0.372 e. The van der Waals surface area contributed by atoms with E-state index < -0.39 is 0 Å². The minimum absolute atomic E-state index is 0.943. The van der Waals surface area contributed by atoms with Gasteiger partial charge in [0.1, 0.15) is 5.01 Å². The molecule has 1 heterocycles. The lowest BCUT2D eigenvalue weighted by Gasteiger charge is -2.20. The average molecular weight is 400 g/mol. The third kappa shape index (κ3) is 4.38. The van der Waals surface area contributed by atoms with Crippen LogP contribution in [0, 0.1) is 6.92 Å².